The Bertz CT molecular complexity index is 475. The fourth-order valence-electron chi connectivity index (χ4n) is 3.18. The zero-order valence-electron chi connectivity index (χ0n) is 12.7. The van der Waals surface area contributed by atoms with Crippen LogP contribution in [0.2, 0.25) is 0 Å². The smallest absolute Gasteiger partial charge is 0.242 e. The SMILES string of the molecule is O=C(Cn1cnnc1)N1CCN(C2CCOCC2)C[C@H](O)C1. The highest BCUT2D eigenvalue weighted by molar-refractivity contribution is 5.76. The van der Waals surface area contributed by atoms with Crippen molar-refractivity contribution in [3.63, 3.8) is 0 Å². The molecule has 1 atom stereocenters. The lowest BCUT2D eigenvalue weighted by Gasteiger charge is -2.33. The van der Waals surface area contributed by atoms with Crippen LogP contribution in [0.25, 0.3) is 0 Å². The maximum atomic E-state index is 12.3. The van der Waals surface area contributed by atoms with Gasteiger partial charge in [-0.05, 0) is 12.8 Å². The summed E-state index contributed by atoms with van der Waals surface area (Å²) in [6.07, 6.45) is 4.55. The van der Waals surface area contributed by atoms with Crippen molar-refractivity contribution in [2.75, 3.05) is 39.4 Å². The normalized spacial score (nSPS) is 25.1. The molecule has 1 aromatic heterocycles. The van der Waals surface area contributed by atoms with Crippen LogP contribution in [0, 0.1) is 0 Å². The Morgan fingerprint density at radius 1 is 1.18 bits per heavy atom. The van der Waals surface area contributed by atoms with Gasteiger partial charge < -0.3 is 19.3 Å². The highest BCUT2D eigenvalue weighted by Crippen LogP contribution is 2.17. The second kappa shape index (κ2) is 7.17. The van der Waals surface area contributed by atoms with Gasteiger partial charge in [0.1, 0.15) is 19.2 Å². The maximum Gasteiger partial charge on any atom is 0.242 e. The molecule has 122 valence electrons. The molecule has 0 aromatic carbocycles. The van der Waals surface area contributed by atoms with E-state index in [-0.39, 0.29) is 12.5 Å². The number of β-amino-alcohol motifs (C(OH)–C–C–N with tert-alkyl or cyclic N) is 1. The Morgan fingerprint density at radius 2 is 1.91 bits per heavy atom. The highest BCUT2D eigenvalue weighted by Gasteiger charge is 2.29. The van der Waals surface area contributed by atoms with Crippen LogP contribution in [0.4, 0.5) is 0 Å². The summed E-state index contributed by atoms with van der Waals surface area (Å²) in [5.41, 5.74) is 0. The highest BCUT2D eigenvalue weighted by atomic mass is 16.5. The van der Waals surface area contributed by atoms with E-state index in [0.717, 1.165) is 32.6 Å². The van der Waals surface area contributed by atoms with Crippen LogP contribution in [0.5, 0.6) is 0 Å². The Labute approximate surface area is 129 Å². The molecule has 0 aliphatic carbocycles. The first-order valence-corrected chi connectivity index (χ1v) is 7.82. The van der Waals surface area contributed by atoms with Crippen molar-refractivity contribution in [2.45, 2.75) is 31.5 Å². The number of nitrogens with zero attached hydrogens (tertiary/aromatic N) is 5. The van der Waals surface area contributed by atoms with Crippen molar-refractivity contribution in [3.05, 3.63) is 12.7 Å². The number of aliphatic hydroxyl groups is 1. The van der Waals surface area contributed by atoms with Crippen LogP contribution < -0.4 is 0 Å². The molecular weight excluding hydrogens is 286 g/mol. The first kappa shape index (κ1) is 15.4. The number of aromatic nitrogens is 3. The van der Waals surface area contributed by atoms with Gasteiger partial charge in [0, 0.05) is 45.4 Å². The van der Waals surface area contributed by atoms with E-state index >= 15 is 0 Å². The Hall–Kier alpha value is -1.51. The van der Waals surface area contributed by atoms with Gasteiger partial charge in [0.05, 0.1) is 6.10 Å². The Kier molecular flexibility index (Phi) is 5.01. The predicted octanol–water partition coefficient (Wildman–Crippen LogP) is -1.04. The Balaban J connectivity index is 1.57. The Morgan fingerprint density at radius 3 is 2.64 bits per heavy atom. The molecule has 8 nitrogen and oxygen atoms in total. The molecule has 1 N–H and O–H groups in total. The lowest BCUT2D eigenvalue weighted by atomic mass is 10.1. The maximum absolute atomic E-state index is 12.3. The zero-order chi connectivity index (χ0) is 15.4. The molecule has 8 heteroatoms. The van der Waals surface area contributed by atoms with Crippen LogP contribution >= 0.6 is 0 Å². The fourth-order valence-corrected chi connectivity index (χ4v) is 3.18. The van der Waals surface area contributed by atoms with Gasteiger partial charge in [-0.1, -0.05) is 0 Å². The van der Waals surface area contributed by atoms with Crippen LogP contribution in [0.1, 0.15) is 12.8 Å². The number of carbonyl (C=O) groups excluding carboxylic acids is 1. The average molecular weight is 309 g/mol. The van der Waals surface area contributed by atoms with E-state index in [2.05, 4.69) is 15.1 Å². The van der Waals surface area contributed by atoms with E-state index in [1.165, 1.54) is 12.7 Å². The molecule has 2 saturated heterocycles. The van der Waals surface area contributed by atoms with Gasteiger partial charge in [-0.2, -0.15) is 0 Å². The van der Waals surface area contributed by atoms with E-state index in [1.807, 2.05) is 0 Å². The molecule has 0 unspecified atom stereocenters. The summed E-state index contributed by atoms with van der Waals surface area (Å²) in [5, 5.41) is 17.6. The van der Waals surface area contributed by atoms with Crippen LogP contribution in [0.3, 0.4) is 0 Å². The molecule has 0 spiro atoms. The second-order valence-electron chi connectivity index (χ2n) is 5.97. The molecule has 3 rings (SSSR count). The summed E-state index contributed by atoms with van der Waals surface area (Å²) in [6.45, 7) is 4.25. The summed E-state index contributed by atoms with van der Waals surface area (Å²) < 4.78 is 7.05. The average Bonchev–Trinajstić information content (AvgIpc) is 2.95. The van der Waals surface area contributed by atoms with Gasteiger partial charge in [0.2, 0.25) is 5.91 Å². The minimum Gasteiger partial charge on any atom is -0.390 e. The van der Waals surface area contributed by atoms with Crippen molar-refractivity contribution < 1.29 is 14.6 Å². The van der Waals surface area contributed by atoms with E-state index in [4.69, 9.17) is 4.74 Å². The molecule has 2 fully saturated rings. The summed E-state index contributed by atoms with van der Waals surface area (Å²) in [4.78, 5) is 16.4. The standard InChI is InChI=1S/C14H23N5O3/c20-13-7-18(12-1-5-22-6-2-12)3-4-19(8-13)14(21)9-17-10-15-16-11-17/h10-13,20H,1-9H2/t13-/m0/s1. The molecule has 2 aliphatic heterocycles. The summed E-state index contributed by atoms with van der Waals surface area (Å²) in [5.74, 6) is -0.00678. The minimum absolute atomic E-state index is 0.00678. The first-order chi connectivity index (χ1) is 10.7. The topological polar surface area (TPSA) is 83.7 Å². The number of hydrogen-bond donors (Lipinski definition) is 1. The molecule has 0 saturated carbocycles. The number of ether oxygens (including phenoxy) is 1. The van der Waals surface area contributed by atoms with Gasteiger partial charge in [-0.25, -0.2) is 0 Å². The number of hydrogen-bond acceptors (Lipinski definition) is 6. The van der Waals surface area contributed by atoms with Crippen molar-refractivity contribution in [1.29, 1.82) is 0 Å². The number of rotatable bonds is 3. The van der Waals surface area contributed by atoms with Crippen LogP contribution in [-0.4, -0.2) is 87.1 Å². The zero-order valence-corrected chi connectivity index (χ0v) is 12.7. The first-order valence-electron chi connectivity index (χ1n) is 7.82. The summed E-state index contributed by atoms with van der Waals surface area (Å²) >= 11 is 0. The molecule has 0 radical (unpaired) electrons. The summed E-state index contributed by atoms with van der Waals surface area (Å²) in [7, 11) is 0. The van der Waals surface area contributed by atoms with Crippen molar-refractivity contribution in [3.8, 4) is 0 Å². The quantitative estimate of drug-likeness (QED) is 0.768. The van der Waals surface area contributed by atoms with Gasteiger partial charge >= 0.3 is 0 Å². The molecular formula is C14H23N5O3. The van der Waals surface area contributed by atoms with Gasteiger partial charge in [0.25, 0.3) is 0 Å². The van der Waals surface area contributed by atoms with Gasteiger partial charge in [-0.15, -0.1) is 10.2 Å². The molecule has 1 aromatic rings. The van der Waals surface area contributed by atoms with Crippen molar-refractivity contribution in [1.82, 2.24) is 24.6 Å². The van der Waals surface area contributed by atoms with Crippen LogP contribution in [0.15, 0.2) is 12.7 Å². The molecule has 3 heterocycles. The number of aliphatic hydroxyl groups excluding tert-OH is 1. The number of amides is 1. The van der Waals surface area contributed by atoms with Crippen molar-refractivity contribution >= 4 is 5.91 Å². The molecule has 1 amide bonds. The minimum atomic E-state index is -0.504. The number of carbonyl (C=O) groups is 1. The third-order valence-corrected chi connectivity index (χ3v) is 4.38. The lowest BCUT2D eigenvalue weighted by Crippen LogP contribution is -2.43. The lowest BCUT2D eigenvalue weighted by molar-refractivity contribution is -0.132. The molecule has 22 heavy (non-hydrogen) atoms. The van der Waals surface area contributed by atoms with Gasteiger partial charge in [-0.3, -0.25) is 9.69 Å². The van der Waals surface area contributed by atoms with E-state index in [9.17, 15) is 9.90 Å². The van der Waals surface area contributed by atoms with Crippen LogP contribution in [-0.2, 0) is 16.1 Å². The van der Waals surface area contributed by atoms with E-state index in [1.54, 1.807) is 9.47 Å². The van der Waals surface area contributed by atoms with E-state index < -0.39 is 6.10 Å². The second-order valence-corrected chi connectivity index (χ2v) is 5.97. The molecule has 0 bridgehead atoms. The third-order valence-electron chi connectivity index (χ3n) is 4.38. The largest absolute Gasteiger partial charge is 0.390 e. The predicted molar refractivity (Wildman–Crippen MR) is 78.0 cm³/mol. The summed E-state index contributed by atoms with van der Waals surface area (Å²) in [6, 6.07) is 0.455. The third kappa shape index (κ3) is 3.82. The van der Waals surface area contributed by atoms with Crippen molar-refractivity contribution in [2.24, 2.45) is 0 Å². The fraction of sp³-hybridized carbons (Fsp3) is 0.786. The molecule has 2 aliphatic rings. The van der Waals surface area contributed by atoms with Gasteiger partial charge in [0.15, 0.2) is 0 Å². The monoisotopic (exact) mass is 309 g/mol. The van der Waals surface area contributed by atoms with E-state index in [0.29, 0.717) is 25.7 Å².